The predicted octanol–water partition coefficient (Wildman–Crippen LogP) is 3.89. The Kier molecular flexibility index (Phi) is 3.81. The number of hydrogen-bond donors (Lipinski definition) is 0. The van der Waals surface area contributed by atoms with Crippen molar-refractivity contribution in [2.45, 2.75) is 18.1 Å². The van der Waals surface area contributed by atoms with E-state index < -0.39 is 11.2 Å². The first-order chi connectivity index (χ1) is 8.04. The number of hydrogen-bond acceptors (Lipinski definition) is 1. The zero-order valence-corrected chi connectivity index (χ0v) is 12.3. The molecule has 0 N–H and O–H groups in total. The maximum absolute atomic E-state index is 12.0. The van der Waals surface area contributed by atoms with Crippen LogP contribution in [0.4, 0.5) is 0 Å². The van der Waals surface area contributed by atoms with E-state index in [1.807, 2.05) is 18.2 Å². The second-order valence-electron chi connectivity index (χ2n) is 4.40. The number of allylic oxidation sites excluding steroid dienone is 3. The molecule has 1 aliphatic carbocycles. The molecule has 1 aromatic carbocycles. The van der Waals surface area contributed by atoms with Gasteiger partial charge >= 0.3 is 0 Å². The predicted molar refractivity (Wildman–Crippen MR) is 78.5 cm³/mol. The summed E-state index contributed by atoms with van der Waals surface area (Å²) in [5, 5.41) is 0. The van der Waals surface area contributed by atoms with Gasteiger partial charge in [-0.3, -0.25) is 0 Å². The van der Waals surface area contributed by atoms with Crippen LogP contribution >= 0.6 is 15.9 Å². The zero-order valence-electron chi connectivity index (χ0n) is 9.94. The average Bonchev–Trinajstić information content (AvgIpc) is 2.33. The van der Waals surface area contributed by atoms with Gasteiger partial charge in [-0.25, -0.2) is 0 Å². The summed E-state index contributed by atoms with van der Waals surface area (Å²) in [6, 6.07) is 10.2. The maximum Gasteiger partial charge on any atom is 0.151 e. The first-order valence-corrected chi connectivity index (χ1v) is 7.86. The first-order valence-electron chi connectivity index (χ1n) is 5.51. The molecule has 0 bridgehead atoms. The quantitative estimate of drug-likeness (QED) is 0.760. The van der Waals surface area contributed by atoms with Crippen LogP contribution in [0.2, 0.25) is 0 Å². The molecule has 3 heteroatoms. The molecule has 90 valence electrons. The van der Waals surface area contributed by atoms with E-state index in [9.17, 15) is 4.55 Å². The standard InChI is InChI=1S/C14H15BrOS/c1-14(17(2)16)9-8-12(15)10-13(14)11-6-4-3-5-7-11/h3-8,10H,9H2,1-2H3. The third-order valence-electron chi connectivity index (χ3n) is 3.26. The minimum atomic E-state index is -0.897. The molecule has 1 aromatic rings. The van der Waals surface area contributed by atoms with Gasteiger partial charge in [-0.15, -0.1) is 0 Å². The summed E-state index contributed by atoms with van der Waals surface area (Å²) in [4.78, 5) is 0. The Morgan fingerprint density at radius 3 is 2.53 bits per heavy atom. The topological polar surface area (TPSA) is 23.1 Å². The van der Waals surface area contributed by atoms with Crippen molar-refractivity contribution in [2.24, 2.45) is 0 Å². The van der Waals surface area contributed by atoms with E-state index in [1.165, 1.54) is 0 Å². The van der Waals surface area contributed by atoms with Crippen molar-refractivity contribution in [1.82, 2.24) is 0 Å². The van der Waals surface area contributed by atoms with Gasteiger partial charge in [0.25, 0.3) is 0 Å². The summed E-state index contributed by atoms with van der Waals surface area (Å²) < 4.78 is 12.8. The number of halogens is 1. The SMILES string of the molecule is C[S+]([O-])C1(C)CC=C(Br)C=C1c1ccccc1. The van der Waals surface area contributed by atoms with Crippen molar-refractivity contribution >= 4 is 32.7 Å². The van der Waals surface area contributed by atoms with Crippen molar-refractivity contribution in [3.63, 3.8) is 0 Å². The van der Waals surface area contributed by atoms with Crippen LogP contribution in [0.15, 0.2) is 47.0 Å². The molecule has 2 unspecified atom stereocenters. The second kappa shape index (κ2) is 5.01. The van der Waals surface area contributed by atoms with Crippen molar-refractivity contribution < 1.29 is 4.55 Å². The fraction of sp³-hybridized carbons (Fsp3) is 0.286. The third-order valence-corrected chi connectivity index (χ3v) is 5.47. The summed E-state index contributed by atoms with van der Waals surface area (Å²) in [7, 11) is 0. The van der Waals surface area contributed by atoms with Crippen LogP contribution in [0.3, 0.4) is 0 Å². The lowest BCUT2D eigenvalue weighted by molar-refractivity contribution is 0.572. The lowest BCUT2D eigenvalue weighted by Gasteiger charge is -2.34. The van der Waals surface area contributed by atoms with Gasteiger partial charge < -0.3 is 4.55 Å². The lowest BCUT2D eigenvalue weighted by Crippen LogP contribution is -2.36. The van der Waals surface area contributed by atoms with E-state index in [0.717, 1.165) is 22.0 Å². The van der Waals surface area contributed by atoms with Gasteiger partial charge in [0.2, 0.25) is 0 Å². The largest absolute Gasteiger partial charge is 0.616 e. The van der Waals surface area contributed by atoms with E-state index >= 15 is 0 Å². The van der Waals surface area contributed by atoms with Gasteiger partial charge in [0.05, 0.1) is 6.26 Å². The summed E-state index contributed by atoms with van der Waals surface area (Å²) in [5.74, 6) is 0. The maximum atomic E-state index is 12.0. The highest BCUT2D eigenvalue weighted by Crippen LogP contribution is 2.41. The van der Waals surface area contributed by atoms with Gasteiger partial charge in [0.1, 0.15) is 0 Å². The molecule has 1 nitrogen and oxygen atoms in total. The minimum Gasteiger partial charge on any atom is -0.616 e. The summed E-state index contributed by atoms with van der Waals surface area (Å²) >= 11 is 2.62. The lowest BCUT2D eigenvalue weighted by atomic mass is 9.87. The minimum absolute atomic E-state index is 0.293. The van der Waals surface area contributed by atoms with E-state index in [2.05, 4.69) is 47.1 Å². The fourth-order valence-electron chi connectivity index (χ4n) is 2.03. The van der Waals surface area contributed by atoms with Crippen LogP contribution in [-0.4, -0.2) is 15.6 Å². The monoisotopic (exact) mass is 310 g/mol. The van der Waals surface area contributed by atoms with Gasteiger partial charge in [0, 0.05) is 16.5 Å². The molecule has 17 heavy (non-hydrogen) atoms. The molecule has 0 amide bonds. The van der Waals surface area contributed by atoms with Crippen molar-refractivity contribution in [1.29, 1.82) is 0 Å². The van der Waals surface area contributed by atoms with E-state index in [1.54, 1.807) is 6.26 Å². The smallest absolute Gasteiger partial charge is 0.151 e. The van der Waals surface area contributed by atoms with Crippen molar-refractivity contribution in [3.8, 4) is 0 Å². The molecule has 0 saturated carbocycles. The van der Waals surface area contributed by atoms with Gasteiger partial charge in [-0.2, -0.15) is 0 Å². The normalized spacial score (nSPS) is 26.1. The Bertz CT molecular complexity index is 464. The number of benzene rings is 1. The number of rotatable bonds is 2. The molecule has 1 aliphatic rings. The van der Waals surface area contributed by atoms with E-state index in [0.29, 0.717) is 0 Å². The van der Waals surface area contributed by atoms with Crippen LogP contribution in [0.5, 0.6) is 0 Å². The molecule has 0 aliphatic heterocycles. The molecule has 2 rings (SSSR count). The molecule has 0 spiro atoms. The highest BCUT2D eigenvalue weighted by atomic mass is 79.9. The van der Waals surface area contributed by atoms with Crippen molar-refractivity contribution in [2.75, 3.05) is 6.26 Å². The summed E-state index contributed by atoms with van der Waals surface area (Å²) in [6.45, 7) is 2.07. The second-order valence-corrected chi connectivity index (χ2v) is 7.13. The fourth-order valence-corrected chi connectivity index (χ4v) is 3.23. The molecule has 0 radical (unpaired) electrons. The third kappa shape index (κ3) is 2.51. The van der Waals surface area contributed by atoms with E-state index in [4.69, 9.17) is 0 Å². The Hall–Kier alpha value is -0.510. The Labute approximate surface area is 114 Å². The van der Waals surface area contributed by atoms with Gasteiger partial charge in [-0.05, 0) is 29.7 Å². The van der Waals surface area contributed by atoms with Crippen LogP contribution in [0.1, 0.15) is 18.9 Å². The molecule has 0 aromatic heterocycles. The zero-order chi connectivity index (χ0) is 12.5. The molecule has 0 saturated heterocycles. The average molecular weight is 311 g/mol. The van der Waals surface area contributed by atoms with E-state index in [-0.39, 0.29) is 4.75 Å². The summed E-state index contributed by atoms with van der Waals surface area (Å²) in [5.41, 5.74) is 2.29. The van der Waals surface area contributed by atoms with Gasteiger partial charge in [-0.1, -0.05) is 52.3 Å². The first kappa shape index (κ1) is 12.9. The van der Waals surface area contributed by atoms with Crippen LogP contribution < -0.4 is 0 Å². The Morgan fingerprint density at radius 2 is 1.94 bits per heavy atom. The van der Waals surface area contributed by atoms with Crippen LogP contribution in [0.25, 0.3) is 5.57 Å². The van der Waals surface area contributed by atoms with Crippen LogP contribution in [-0.2, 0) is 11.2 Å². The Balaban J connectivity index is 2.50. The molecular weight excluding hydrogens is 296 g/mol. The molecule has 2 atom stereocenters. The molecular formula is C14H15BrOS. The highest BCUT2D eigenvalue weighted by molar-refractivity contribution is 9.11. The molecule has 0 fully saturated rings. The van der Waals surface area contributed by atoms with Crippen LogP contribution in [0, 0.1) is 0 Å². The molecule has 0 heterocycles. The summed E-state index contributed by atoms with van der Waals surface area (Å²) in [6.07, 6.45) is 6.76. The van der Waals surface area contributed by atoms with Crippen molar-refractivity contribution in [3.05, 3.63) is 52.5 Å². The van der Waals surface area contributed by atoms with Gasteiger partial charge in [0.15, 0.2) is 4.75 Å². The Morgan fingerprint density at radius 1 is 1.29 bits per heavy atom. The highest BCUT2D eigenvalue weighted by Gasteiger charge is 2.40.